The summed E-state index contributed by atoms with van der Waals surface area (Å²) < 4.78 is 2.16. The molecule has 0 saturated heterocycles. The van der Waals surface area contributed by atoms with Gasteiger partial charge >= 0.3 is 0 Å². The lowest BCUT2D eigenvalue weighted by atomic mass is 10.1. The molecule has 0 aromatic carbocycles. The van der Waals surface area contributed by atoms with Gasteiger partial charge in [0.05, 0.1) is 5.69 Å². The highest BCUT2D eigenvalue weighted by Gasteiger charge is 2.18. The van der Waals surface area contributed by atoms with Gasteiger partial charge < -0.3 is 5.32 Å². The van der Waals surface area contributed by atoms with Gasteiger partial charge in [0.1, 0.15) is 0 Å². The van der Waals surface area contributed by atoms with E-state index in [1.54, 1.807) is 0 Å². The molecule has 0 radical (unpaired) electrons. The fraction of sp³-hybridized carbons (Fsp3) is 0.588. The minimum atomic E-state index is 0.400. The van der Waals surface area contributed by atoms with Crippen molar-refractivity contribution in [2.75, 3.05) is 6.54 Å². The van der Waals surface area contributed by atoms with Crippen LogP contribution in [0.15, 0.2) is 17.5 Å². The Bertz CT molecular complexity index is 556. The van der Waals surface area contributed by atoms with Crippen LogP contribution in [0.3, 0.4) is 0 Å². The fourth-order valence-electron chi connectivity index (χ4n) is 2.65. The van der Waals surface area contributed by atoms with Crippen molar-refractivity contribution in [2.24, 2.45) is 0 Å². The second-order valence-electron chi connectivity index (χ2n) is 5.48. The molecule has 0 spiro atoms. The summed E-state index contributed by atoms with van der Waals surface area (Å²) in [5.74, 6) is 0. The molecular weight excluding hydrogens is 278 g/mol. The quantitative estimate of drug-likeness (QED) is 0.795. The molecule has 2 aromatic heterocycles. The summed E-state index contributed by atoms with van der Waals surface area (Å²) in [6, 6.07) is 4.89. The van der Waals surface area contributed by atoms with Crippen LogP contribution in [-0.4, -0.2) is 16.3 Å². The van der Waals surface area contributed by atoms with Gasteiger partial charge in [-0.3, -0.25) is 4.68 Å². The van der Waals surface area contributed by atoms with Gasteiger partial charge in [0.15, 0.2) is 0 Å². The number of aryl methyl sites for hydroxylation is 3. The minimum absolute atomic E-state index is 0.400. The van der Waals surface area contributed by atoms with Crippen molar-refractivity contribution in [2.45, 2.75) is 59.5 Å². The maximum Gasteiger partial charge on any atom is 0.0624 e. The third-order valence-corrected chi connectivity index (χ3v) is 4.98. The number of thiophene rings is 1. The van der Waals surface area contributed by atoms with Crippen LogP contribution >= 0.6 is 11.3 Å². The van der Waals surface area contributed by atoms with Gasteiger partial charge in [-0.25, -0.2) is 0 Å². The van der Waals surface area contributed by atoms with Crippen molar-refractivity contribution >= 4 is 11.3 Å². The lowest BCUT2D eigenvalue weighted by molar-refractivity contribution is 0.507. The normalized spacial score (nSPS) is 12.8. The van der Waals surface area contributed by atoms with Gasteiger partial charge in [-0.05, 0) is 56.3 Å². The molecule has 0 aliphatic heterocycles. The highest BCUT2D eigenvalue weighted by Crippen LogP contribution is 2.27. The Kier molecular flexibility index (Phi) is 6.00. The maximum atomic E-state index is 4.68. The summed E-state index contributed by atoms with van der Waals surface area (Å²) >= 11 is 1.86. The highest BCUT2D eigenvalue weighted by atomic mass is 32.1. The Morgan fingerprint density at radius 2 is 2.14 bits per heavy atom. The molecule has 2 aromatic rings. The fourth-order valence-corrected chi connectivity index (χ4v) is 3.66. The molecule has 0 aliphatic rings. The van der Waals surface area contributed by atoms with E-state index in [1.165, 1.54) is 21.8 Å². The molecule has 1 N–H and O–H groups in total. The van der Waals surface area contributed by atoms with E-state index in [1.807, 2.05) is 11.3 Å². The zero-order valence-corrected chi connectivity index (χ0v) is 14.5. The monoisotopic (exact) mass is 305 g/mol. The van der Waals surface area contributed by atoms with Crippen LogP contribution in [0.5, 0.6) is 0 Å². The Balaban J connectivity index is 2.22. The molecule has 116 valence electrons. The molecule has 4 heteroatoms. The molecular formula is C17H27N3S. The Labute approximate surface area is 132 Å². The van der Waals surface area contributed by atoms with Gasteiger partial charge in [-0.2, -0.15) is 5.10 Å². The zero-order valence-electron chi connectivity index (χ0n) is 13.6. The number of aromatic nitrogens is 2. The highest BCUT2D eigenvalue weighted by molar-refractivity contribution is 7.10. The first kappa shape index (κ1) is 16.2. The number of hydrogen-bond donors (Lipinski definition) is 1. The predicted molar refractivity (Wildman–Crippen MR) is 91.1 cm³/mol. The van der Waals surface area contributed by atoms with Gasteiger partial charge in [-0.1, -0.05) is 13.8 Å². The van der Waals surface area contributed by atoms with Crippen molar-refractivity contribution in [3.8, 4) is 0 Å². The first-order valence-corrected chi connectivity index (χ1v) is 8.90. The van der Waals surface area contributed by atoms with Crippen LogP contribution in [0, 0.1) is 6.92 Å². The summed E-state index contributed by atoms with van der Waals surface area (Å²) in [6.07, 6.45) is 3.18. The largest absolute Gasteiger partial charge is 0.309 e. The smallest absolute Gasteiger partial charge is 0.0624 e. The van der Waals surface area contributed by atoms with E-state index < -0.39 is 0 Å². The van der Waals surface area contributed by atoms with Crippen LogP contribution in [-0.2, 0) is 19.4 Å². The van der Waals surface area contributed by atoms with Crippen molar-refractivity contribution < 1.29 is 0 Å². The number of nitrogens with zero attached hydrogens (tertiary/aromatic N) is 2. The Morgan fingerprint density at radius 3 is 2.71 bits per heavy atom. The van der Waals surface area contributed by atoms with Crippen molar-refractivity contribution in [1.82, 2.24) is 15.1 Å². The third kappa shape index (κ3) is 3.95. The van der Waals surface area contributed by atoms with Crippen LogP contribution in [0.4, 0.5) is 0 Å². The van der Waals surface area contributed by atoms with Crippen LogP contribution in [0.1, 0.15) is 55.1 Å². The summed E-state index contributed by atoms with van der Waals surface area (Å²) in [4.78, 5) is 1.46. The average molecular weight is 305 g/mol. The van der Waals surface area contributed by atoms with E-state index in [0.29, 0.717) is 6.04 Å². The predicted octanol–water partition coefficient (Wildman–Crippen LogP) is 4.12. The molecule has 1 unspecified atom stereocenters. The molecule has 2 rings (SSSR count). The molecule has 1 atom stereocenters. The minimum Gasteiger partial charge on any atom is -0.309 e. The number of hydrogen-bond acceptors (Lipinski definition) is 3. The van der Waals surface area contributed by atoms with E-state index in [4.69, 9.17) is 0 Å². The lowest BCUT2D eigenvalue weighted by Gasteiger charge is -2.19. The van der Waals surface area contributed by atoms with E-state index in [-0.39, 0.29) is 0 Å². The van der Waals surface area contributed by atoms with Crippen LogP contribution < -0.4 is 5.32 Å². The van der Waals surface area contributed by atoms with Gasteiger partial charge in [0, 0.05) is 29.6 Å². The second-order valence-corrected chi connectivity index (χ2v) is 6.42. The zero-order chi connectivity index (χ0) is 15.2. The number of rotatable bonds is 8. The molecule has 0 bridgehead atoms. The Hall–Kier alpha value is -1.13. The molecule has 2 heterocycles. The third-order valence-electron chi connectivity index (χ3n) is 3.85. The Morgan fingerprint density at radius 1 is 1.33 bits per heavy atom. The SMILES string of the molecule is CCCNC(Cc1cc(CC)nn1CC)c1sccc1C. The second kappa shape index (κ2) is 7.76. The summed E-state index contributed by atoms with van der Waals surface area (Å²) in [5, 5.41) is 10.6. The standard InChI is InChI=1S/C17H27N3S/c1-5-9-18-16(17-13(4)8-10-21-17)12-15-11-14(6-2)19-20(15)7-3/h8,10-11,16,18H,5-7,9,12H2,1-4H3. The summed E-state index contributed by atoms with van der Waals surface area (Å²) in [6.45, 7) is 10.8. The maximum absolute atomic E-state index is 4.68. The lowest BCUT2D eigenvalue weighted by Crippen LogP contribution is -2.25. The first-order valence-electron chi connectivity index (χ1n) is 8.02. The van der Waals surface area contributed by atoms with Crippen LogP contribution in [0.2, 0.25) is 0 Å². The average Bonchev–Trinajstić information content (AvgIpc) is 3.09. The van der Waals surface area contributed by atoms with E-state index in [9.17, 15) is 0 Å². The van der Waals surface area contributed by atoms with Crippen molar-refractivity contribution in [3.05, 3.63) is 39.3 Å². The molecule has 0 saturated carbocycles. The topological polar surface area (TPSA) is 29.9 Å². The van der Waals surface area contributed by atoms with E-state index in [2.05, 4.69) is 60.3 Å². The summed E-state index contributed by atoms with van der Waals surface area (Å²) in [7, 11) is 0. The van der Waals surface area contributed by atoms with Gasteiger partial charge in [0.2, 0.25) is 0 Å². The van der Waals surface area contributed by atoms with Crippen molar-refractivity contribution in [1.29, 1.82) is 0 Å². The summed E-state index contributed by atoms with van der Waals surface area (Å²) in [5.41, 5.74) is 3.94. The molecule has 0 amide bonds. The molecule has 3 nitrogen and oxygen atoms in total. The van der Waals surface area contributed by atoms with E-state index in [0.717, 1.165) is 32.4 Å². The molecule has 0 aliphatic carbocycles. The van der Waals surface area contributed by atoms with Crippen molar-refractivity contribution in [3.63, 3.8) is 0 Å². The van der Waals surface area contributed by atoms with Gasteiger partial charge in [-0.15, -0.1) is 11.3 Å². The number of nitrogens with one attached hydrogen (secondary N) is 1. The van der Waals surface area contributed by atoms with Gasteiger partial charge in [0.25, 0.3) is 0 Å². The van der Waals surface area contributed by atoms with E-state index >= 15 is 0 Å². The van der Waals surface area contributed by atoms with Crippen LogP contribution in [0.25, 0.3) is 0 Å². The molecule has 21 heavy (non-hydrogen) atoms. The first-order chi connectivity index (χ1) is 10.2. The molecule has 0 fully saturated rings.